The third kappa shape index (κ3) is 2.58. The molecule has 0 aliphatic rings. The highest BCUT2D eigenvalue weighted by molar-refractivity contribution is 5.89. The Labute approximate surface area is 126 Å². The number of aromatic nitrogens is 3. The third-order valence-corrected chi connectivity index (χ3v) is 3.35. The largest absolute Gasteiger partial charge is 0.363 e. The molecular formula is C16H13FN4O. The zero-order valence-corrected chi connectivity index (χ0v) is 11.8. The molecule has 3 rings (SSSR count). The first kappa shape index (κ1) is 13.9. The number of nitrogens with one attached hydrogen (secondary N) is 1. The normalized spacial score (nSPS) is 10.6. The number of nitrogens with zero attached hydrogens (tertiary/aromatic N) is 2. The lowest BCUT2D eigenvalue weighted by Gasteiger charge is -2.07. The summed E-state index contributed by atoms with van der Waals surface area (Å²) >= 11 is 0. The van der Waals surface area contributed by atoms with E-state index in [0.29, 0.717) is 11.4 Å². The fourth-order valence-electron chi connectivity index (χ4n) is 2.23. The first-order chi connectivity index (χ1) is 10.5. The first-order valence-electron chi connectivity index (χ1n) is 6.64. The van der Waals surface area contributed by atoms with E-state index in [9.17, 15) is 9.18 Å². The summed E-state index contributed by atoms with van der Waals surface area (Å²) in [7, 11) is 0. The summed E-state index contributed by atoms with van der Waals surface area (Å²) in [6.45, 7) is 1.92. The number of carbonyl (C=O) groups is 1. The Kier molecular flexibility index (Phi) is 3.42. The van der Waals surface area contributed by atoms with Gasteiger partial charge in [-0.25, -0.2) is 9.37 Å². The standard InChI is InChI=1S/C16H13FN4O/c1-9-5-6-12(17)8-13(9)10-3-2-4-11(7-10)15-19-16(14(18)22)21-20-15/h2-8H,1H3,(H2,18,22)(H,19,20,21). The van der Waals surface area contributed by atoms with Crippen molar-refractivity contribution in [1.82, 2.24) is 15.2 Å². The number of rotatable bonds is 3. The van der Waals surface area contributed by atoms with Crippen LogP contribution in [0.2, 0.25) is 0 Å². The summed E-state index contributed by atoms with van der Waals surface area (Å²) in [5.74, 6) is -0.595. The number of primary amides is 1. The number of nitrogens with two attached hydrogens (primary N) is 1. The molecule has 1 heterocycles. The molecule has 0 unspecified atom stereocenters. The Balaban J connectivity index is 2.05. The number of halogens is 1. The summed E-state index contributed by atoms with van der Waals surface area (Å²) in [5, 5.41) is 6.46. The Morgan fingerprint density at radius 2 is 1.95 bits per heavy atom. The van der Waals surface area contributed by atoms with E-state index in [1.807, 2.05) is 31.2 Å². The molecule has 1 aromatic heterocycles. The molecule has 3 N–H and O–H groups in total. The molecular weight excluding hydrogens is 283 g/mol. The number of aryl methyl sites for hydroxylation is 1. The minimum atomic E-state index is -0.670. The Bertz CT molecular complexity index is 857. The summed E-state index contributed by atoms with van der Waals surface area (Å²) in [5.41, 5.74) is 8.47. The van der Waals surface area contributed by atoms with Crippen LogP contribution in [0.4, 0.5) is 4.39 Å². The lowest BCUT2D eigenvalue weighted by Crippen LogP contribution is -2.12. The van der Waals surface area contributed by atoms with E-state index in [4.69, 9.17) is 5.73 Å². The molecule has 0 spiro atoms. The highest BCUT2D eigenvalue weighted by Crippen LogP contribution is 2.27. The van der Waals surface area contributed by atoms with Crippen molar-refractivity contribution in [3.63, 3.8) is 0 Å². The SMILES string of the molecule is Cc1ccc(F)cc1-c1cccc(-c2n[nH]c(C(N)=O)n2)c1. The van der Waals surface area contributed by atoms with Gasteiger partial charge in [-0.1, -0.05) is 24.3 Å². The van der Waals surface area contributed by atoms with Gasteiger partial charge in [-0.15, -0.1) is 0 Å². The number of hydrogen-bond donors (Lipinski definition) is 2. The van der Waals surface area contributed by atoms with Gasteiger partial charge in [0.1, 0.15) is 5.82 Å². The van der Waals surface area contributed by atoms with E-state index < -0.39 is 5.91 Å². The minimum Gasteiger partial charge on any atom is -0.363 e. The van der Waals surface area contributed by atoms with Crippen molar-refractivity contribution in [2.75, 3.05) is 0 Å². The first-order valence-corrected chi connectivity index (χ1v) is 6.64. The monoisotopic (exact) mass is 296 g/mol. The molecule has 0 saturated carbocycles. The van der Waals surface area contributed by atoms with Crippen LogP contribution in [0.5, 0.6) is 0 Å². The number of aromatic amines is 1. The van der Waals surface area contributed by atoms with Gasteiger partial charge in [0.15, 0.2) is 5.82 Å². The average molecular weight is 296 g/mol. The molecule has 1 amide bonds. The third-order valence-electron chi connectivity index (χ3n) is 3.35. The second kappa shape index (κ2) is 5.40. The number of benzene rings is 2. The molecule has 2 aromatic carbocycles. The van der Waals surface area contributed by atoms with Crippen molar-refractivity contribution in [3.05, 3.63) is 59.7 Å². The molecule has 0 aliphatic carbocycles. The maximum Gasteiger partial charge on any atom is 0.286 e. The summed E-state index contributed by atoms with van der Waals surface area (Å²) in [4.78, 5) is 15.1. The summed E-state index contributed by atoms with van der Waals surface area (Å²) < 4.78 is 13.5. The van der Waals surface area contributed by atoms with Gasteiger partial charge in [-0.2, -0.15) is 5.10 Å². The average Bonchev–Trinajstić information content (AvgIpc) is 3.00. The van der Waals surface area contributed by atoms with Crippen molar-refractivity contribution in [1.29, 1.82) is 0 Å². The highest BCUT2D eigenvalue weighted by atomic mass is 19.1. The van der Waals surface area contributed by atoms with Crippen LogP contribution in [-0.2, 0) is 0 Å². The van der Waals surface area contributed by atoms with Gasteiger partial charge in [0.05, 0.1) is 0 Å². The van der Waals surface area contributed by atoms with Gasteiger partial charge in [0.25, 0.3) is 5.91 Å². The van der Waals surface area contributed by atoms with E-state index in [2.05, 4.69) is 15.2 Å². The highest BCUT2D eigenvalue weighted by Gasteiger charge is 2.11. The summed E-state index contributed by atoms with van der Waals surface area (Å²) in [6.07, 6.45) is 0. The van der Waals surface area contributed by atoms with Crippen molar-refractivity contribution in [2.45, 2.75) is 6.92 Å². The fourth-order valence-corrected chi connectivity index (χ4v) is 2.23. The Hall–Kier alpha value is -3.02. The molecule has 110 valence electrons. The van der Waals surface area contributed by atoms with Crippen LogP contribution in [0.15, 0.2) is 42.5 Å². The summed E-state index contributed by atoms with van der Waals surface area (Å²) in [6, 6.07) is 12.0. The van der Waals surface area contributed by atoms with E-state index in [-0.39, 0.29) is 11.6 Å². The molecule has 3 aromatic rings. The van der Waals surface area contributed by atoms with Gasteiger partial charge >= 0.3 is 0 Å². The maximum absolute atomic E-state index is 13.5. The van der Waals surface area contributed by atoms with Crippen LogP contribution in [0.1, 0.15) is 16.2 Å². The molecule has 0 fully saturated rings. The van der Waals surface area contributed by atoms with Crippen LogP contribution < -0.4 is 5.73 Å². The van der Waals surface area contributed by atoms with Crippen molar-refractivity contribution in [2.24, 2.45) is 5.73 Å². The number of amides is 1. The molecule has 0 atom stereocenters. The van der Waals surface area contributed by atoms with Crippen LogP contribution in [0.3, 0.4) is 0 Å². The zero-order valence-electron chi connectivity index (χ0n) is 11.8. The lowest BCUT2D eigenvalue weighted by atomic mass is 9.98. The van der Waals surface area contributed by atoms with Gasteiger partial charge in [-0.05, 0) is 41.8 Å². The molecule has 0 saturated heterocycles. The van der Waals surface area contributed by atoms with E-state index in [1.54, 1.807) is 6.07 Å². The van der Waals surface area contributed by atoms with Gasteiger partial charge in [0.2, 0.25) is 5.82 Å². The quantitative estimate of drug-likeness (QED) is 0.779. The van der Waals surface area contributed by atoms with Crippen molar-refractivity contribution in [3.8, 4) is 22.5 Å². The smallest absolute Gasteiger partial charge is 0.286 e. The molecule has 0 bridgehead atoms. The molecule has 0 radical (unpaired) electrons. The molecule has 22 heavy (non-hydrogen) atoms. The van der Waals surface area contributed by atoms with E-state index in [1.165, 1.54) is 12.1 Å². The second-order valence-corrected chi connectivity index (χ2v) is 4.91. The Morgan fingerprint density at radius 1 is 1.18 bits per heavy atom. The van der Waals surface area contributed by atoms with E-state index >= 15 is 0 Å². The fraction of sp³-hybridized carbons (Fsp3) is 0.0625. The van der Waals surface area contributed by atoms with Crippen LogP contribution >= 0.6 is 0 Å². The van der Waals surface area contributed by atoms with Gasteiger partial charge in [0, 0.05) is 5.56 Å². The predicted octanol–water partition coefficient (Wildman–Crippen LogP) is 2.69. The zero-order chi connectivity index (χ0) is 15.7. The number of hydrogen-bond acceptors (Lipinski definition) is 3. The topological polar surface area (TPSA) is 84.7 Å². The predicted molar refractivity (Wildman–Crippen MR) is 80.5 cm³/mol. The van der Waals surface area contributed by atoms with Crippen molar-refractivity contribution < 1.29 is 9.18 Å². The van der Waals surface area contributed by atoms with Crippen LogP contribution in [0.25, 0.3) is 22.5 Å². The lowest BCUT2D eigenvalue weighted by molar-refractivity contribution is 0.0991. The number of carbonyl (C=O) groups excluding carboxylic acids is 1. The maximum atomic E-state index is 13.5. The molecule has 5 nitrogen and oxygen atoms in total. The van der Waals surface area contributed by atoms with E-state index in [0.717, 1.165) is 16.7 Å². The van der Waals surface area contributed by atoms with Gasteiger partial charge < -0.3 is 5.73 Å². The number of H-pyrrole nitrogens is 1. The van der Waals surface area contributed by atoms with Gasteiger partial charge in [-0.3, -0.25) is 9.89 Å². The Morgan fingerprint density at radius 3 is 2.68 bits per heavy atom. The molecule has 0 aliphatic heterocycles. The van der Waals surface area contributed by atoms with Crippen LogP contribution in [0, 0.1) is 12.7 Å². The van der Waals surface area contributed by atoms with Crippen LogP contribution in [-0.4, -0.2) is 21.1 Å². The van der Waals surface area contributed by atoms with Crippen molar-refractivity contribution >= 4 is 5.91 Å². The molecule has 6 heteroatoms. The minimum absolute atomic E-state index is 0.00217. The second-order valence-electron chi connectivity index (χ2n) is 4.91.